The zero-order valence-corrected chi connectivity index (χ0v) is 10.5. The Hall–Kier alpha value is -0.450. The molecule has 0 amide bonds. The van der Waals surface area contributed by atoms with E-state index in [4.69, 9.17) is 9.72 Å². The van der Waals surface area contributed by atoms with E-state index in [2.05, 4.69) is 12.2 Å². The van der Waals surface area contributed by atoms with Gasteiger partial charge in [0.2, 0.25) is 0 Å². The zero-order chi connectivity index (χ0) is 11.0. The van der Waals surface area contributed by atoms with Crippen molar-refractivity contribution in [1.82, 2.24) is 10.3 Å². The third-order valence-corrected chi connectivity index (χ3v) is 4.87. The first-order valence-corrected chi connectivity index (χ1v) is 6.93. The average Bonchev–Trinajstić information content (AvgIpc) is 2.74. The maximum Gasteiger partial charge on any atom is 0.125 e. The molecule has 1 saturated heterocycles. The van der Waals surface area contributed by atoms with Crippen LogP contribution in [0.5, 0.6) is 0 Å². The Labute approximate surface area is 100 Å². The summed E-state index contributed by atoms with van der Waals surface area (Å²) < 4.78 is 5.96. The van der Waals surface area contributed by atoms with Gasteiger partial charge in [0.1, 0.15) is 10.6 Å². The van der Waals surface area contributed by atoms with Crippen molar-refractivity contribution in [2.45, 2.75) is 44.8 Å². The SMILES string of the molecule is CC1(c2nc3c(s2)CNCC3)CCCCO1. The minimum absolute atomic E-state index is 0.111. The molecule has 0 aromatic carbocycles. The van der Waals surface area contributed by atoms with E-state index in [1.807, 2.05) is 11.3 Å². The molecule has 1 aromatic heterocycles. The van der Waals surface area contributed by atoms with E-state index in [0.29, 0.717) is 0 Å². The van der Waals surface area contributed by atoms with Crippen LogP contribution in [0.4, 0.5) is 0 Å². The molecule has 0 aliphatic carbocycles. The van der Waals surface area contributed by atoms with Crippen LogP contribution in [0, 0.1) is 0 Å². The molecule has 1 atom stereocenters. The molecule has 0 spiro atoms. The van der Waals surface area contributed by atoms with E-state index < -0.39 is 0 Å². The summed E-state index contributed by atoms with van der Waals surface area (Å²) in [5.74, 6) is 0. The van der Waals surface area contributed by atoms with Gasteiger partial charge in [-0.3, -0.25) is 0 Å². The van der Waals surface area contributed by atoms with Gasteiger partial charge in [-0.05, 0) is 26.2 Å². The molecule has 0 bridgehead atoms. The minimum atomic E-state index is -0.111. The fourth-order valence-corrected chi connectivity index (χ4v) is 3.66. The lowest BCUT2D eigenvalue weighted by atomic mass is 9.97. The Balaban J connectivity index is 1.90. The first kappa shape index (κ1) is 10.7. The smallest absolute Gasteiger partial charge is 0.125 e. The molecule has 3 rings (SSSR count). The predicted octanol–water partition coefficient (Wildman–Crippen LogP) is 2.20. The molecule has 1 N–H and O–H groups in total. The highest BCUT2D eigenvalue weighted by Crippen LogP contribution is 2.38. The van der Waals surface area contributed by atoms with Crippen molar-refractivity contribution in [2.24, 2.45) is 0 Å². The lowest BCUT2D eigenvalue weighted by Gasteiger charge is -2.31. The van der Waals surface area contributed by atoms with Crippen LogP contribution < -0.4 is 5.32 Å². The van der Waals surface area contributed by atoms with E-state index in [9.17, 15) is 0 Å². The van der Waals surface area contributed by atoms with E-state index in [-0.39, 0.29) is 5.60 Å². The van der Waals surface area contributed by atoms with Crippen LogP contribution in [-0.4, -0.2) is 18.1 Å². The second kappa shape index (κ2) is 4.09. The molecule has 0 saturated carbocycles. The number of nitrogens with zero attached hydrogens (tertiary/aromatic N) is 1. The highest BCUT2D eigenvalue weighted by molar-refractivity contribution is 7.11. The van der Waals surface area contributed by atoms with Crippen molar-refractivity contribution < 1.29 is 4.74 Å². The summed E-state index contributed by atoms with van der Waals surface area (Å²) in [6.45, 7) is 5.14. The molecule has 1 aromatic rings. The van der Waals surface area contributed by atoms with Gasteiger partial charge in [-0.1, -0.05) is 0 Å². The normalized spacial score (nSPS) is 30.1. The second-order valence-electron chi connectivity index (χ2n) is 4.85. The standard InChI is InChI=1S/C12H18N2OS/c1-12(5-2-3-7-15-12)11-14-9-4-6-13-8-10(9)16-11/h13H,2-8H2,1H3. The first-order valence-electron chi connectivity index (χ1n) is 6.12. The highest BCUT2D eigenvalue weighted by atomic mass is 32.1. The van der Waals surface area contributed by atoms with Gasteiger partial charge in [0.05, 0.1) is 5.69 Å². The Morgan fingerprint density at radius 2 is 2.38 bits per heavy atom. The molecule has 16 heavy (non-hydrogen) atoms. The van der Waals surface area contributed by atoms with Gasteiger partial charge >= 0.3 is 0 Å². The van der Waals surface area contributed by atoms with E-state index in [0.717, 1.165) is 32.5 Å². The van der Waals surface area contributed by atoms with Crippen LogP contribution in [0.3, 0.4) is 0 Å². The largest absolute Gasteiger partial charge is 0.368 e. The second-order valence-corrected chi connectivity index (χ2v) is 5.94. The van der Waals surface area contributed by atoms with Crippen LogP contribution in [0.15, 0.2) is 0 Å². The topological polar surface area (TPSA) is 34.2 Å². The summed E-state index contributed by atoms with van der Waals surface area (Å²) >= 11 is 1.84. The van der Waals surface area contributed by atoms with Crippen LogP contribution >= 0.6 is 11.3 Å². The van der Waals surface area contributed by atoms with Crippen LogP contribution in [0.1, 0.15) is 41.8 Å². The van der Waals surface area contributed by atoms with Crippen LogP contribution in [0.25, 0.3) is 0 Å². The summed E-state index contributed by atoms with van der Waals surface area (Å²) in [5.41, 5.74) is 1.19. The number of hydrogen-bond donors (Lipinski definition) is 1. The van der Waals surface area contributed by atoms with Gasteiger partial charge < -0.3 is 10.1 Å². The molecule has 1 unspecified atom stereocenters. The molecule has 4 heteroatoms. The predicted molar refractivity (Wildman–Crippen MR) is 64.7 cm³/mol. The van der Waals surface area contributed by atoms with Crippen molar-refractivity contribution in [3.05, 3.63) is 15.6 Å². The van der Waals surface area contributed by atoms with E-state index in [1.54, 1.807) is 0 Å². The fraction of sp³-hybridized carbons (Fsp3) is 0.750. The van der Waals surface area contributed by atoms with Crippen molar-refractivity contribution in [3.63, 3.8) is 0 Å². The van der Waals surface area contributed by atoms with Gasteiger partial charge in [0, 0.05) is 31.0 Å². The molecule has 0 radical (unpaired) electrons. The summed E-state index contributed by atoms with van der Waals surface area (Å²) in [6, 6.07) is 0. The number of nitrogens with one attached hydrogen (secondary N) is 1. The van der Waals surface area contributed by atoms with E-state index >= 15 is 0 Å². The van der Waals surface area contributed by atoms with E-state index in [1.165, 1.54) is 28.4 Å². The maximum atomic E-state index is 5.96. The zero-order valence-electron chi connectivity index (χ0n) is 9.71. The summed E-state index contributed by atoms with van der Waals surface area (Å²) in [6.07, 6.45) is 4.65. The summed E-state index contributed by atoms with van der Waals surface area (Å²) in [4.78, 5) is 6.21. The van der Waals surface area contributed by atoms with Gasteiger partial charge in [-0.2, -0.15) is 0 Å². The number of rotatable bonds is 1. The quantitative estimate of drug-likeness (QED) is 0.814. The molecular formula is C12H18N2OS. The van der Waals surface area contributed by atoms with Crippen LogP contribution in [0.2, 0.25) is 0 Å². The van der Waals surface area contributed by atoms with Gasteiger partial charge in [-0.25, -0.2) is 4.98 Å². The number of fused-ring (bicyclic) bond motifs is 1. The number of ether oxygens (including phenoxy) is 1. The number of thiazole rings is 1. The van der Waals surface area contributed by atoms with Crippen molar-refractivity contribution in [3.8, 4) is 0 Å². The maximum absolute atomic E-state index is 5.96. The van der Waals surface area contributed by atoms with Crippen molar-refractivity contribution in [1.29, 1.82) is 0 Å². The molecule has 3 nitrogen and oxygen atoms in total. The highest BCUT2D eigenvalue weighted by Gasteiger charge is 2.34. The Morgan fingerprint density at radius 1 is 1.44 bits per heavy atom. The summed E-state index contributed by atoms with van der Waals surface area (Å²) in [7, 11) is 0. The molecule has 2 aliphatic rings. The first-order chi connectivity index (χ1) is 7.78. The molecule has 88 valence electrons. The number of aromatic nitrogens is 1. The molecule has 1 fully saturated rings. The fourth-order valence-electron chi connectivity index (χ4n) is 2.45. The minimum Gasteiger partial charge on any atom is -0.368 e. The lowest BCUT2D eigenvalue weighted by Crippen LogP contribution is -2.30. The molecular weight excluding hydrogens is 220 g/mol. The lowest BCUT2D eigenvalue weighted by molar-refractivity contribution is -0.0702. The Morgan fingerprint density at radius 3 is 3.12 bits per heavy atom. The van der Waals surface area contributed by atoms with Crippen LogP contribution in [-0.2, 0) is 23.3 Å². The average molecular weight is 238 g/mol. The van der Waals surface area contributed by atoms with Gasteiger partial charge in [-0.15, -0.1) is 11.3 Å². The monoisotopic (exact) mass is 238 g/mol. The van der Waals surface area contributed by atoms with Crippen molar-refractivity contribution >= 4 is 11.3 Å². The summed E-state index contributed by atoms with van der Waals surface area (Å²) in [5, 5.41) is 4.59. The third kappa shape index (κ3) is 1.79. The Bertz CT molecular complexity index is 359. The van der Waals surface area contributed by atoms with Gasteiger partial charge in [0.25, 0.3) is 0 Å². The third-order valence-electron chi connectivity index (χ3n) is 3.52. The van der Waals surface area contributed by atoms with Crippen molar-refractivity contribution in [2.75, 3.05) is 13.2 Å². The molecule has 3 heterocycles. The number of hydrogen-bond acceptors (Lipinski definition) is 4. The molecule has 2 aliphatic heterocycles. The Kier molecular flexibility index (Phi) is 2.73. The van der Waals surface area contributed by atoms with Gasteiger partial charge in [0.15, 0.2) is 0 Å².